The molecule has 0 aromatic carbocycles. The van der Waals surface area contributed by atoms with E-state index < -0.39 is 5.97 Å². The molecule has 0 aromatic heterocycles. The first-order chi connectivity index (χ1) is 8.04. The molecule has 0 aromatic rings. The van der Waals surface area contributed by atoms with Gasteiger partial charge < -0.3 is 10.2 Å². The second-order valence-electron chi connectivity index (χ2n) is 3.91. The summed E-state index contributed by atoms with van der Waals surface area (Å²) in [5.41, 5.74) is 0. The van der Waals surface area contributed by atoms with Gasteiger partial charge >= 0.3 is 0 Å². The van der Waals surface area contributed by atoms with Crippen molar-refractivity contribution in [2.24, 2.45) is 0 Å². The normalized spacial score (nSPS) is 11.7. The number of unbranched alkanes of at least 4 members (excludes halogenated alkanes) is 2. The molecule has 0 heterocycles. The summed E-state index contributed by atoms with van der Waals surface area (Å²) in [4.78, 5) is 9.00. The summed E-state index contributed by atoms with van der Waals surface area (Å²) in [7, 11) is 0. The highest BCUT2D eigenvalue weighted by atomic mass is 16.4. The van der Waals surface area contributed by atoms with Gasteiger partial charge in [0.1, 0.15) is 0 Å². The molecule has 0 aliphatic heterocycles. The largest absolute Gasteiger partial charge is 0.481 e. The maximum absolute atomic E-state index is 9.52. The molecule has 1 atom stereocenters. The van der Waals surface area contributed by atoms with Gasteiger partial charge in [0.15, 0.2) is 0 Å². The number of aliphatic hydroxyl groups is 1. The molecule has 0 amide bonds. The van der Waals surface area contributed by atoms with Crippen LogP contribution in [0, 0.1) is 0 Å². The topological polar surface area (TPSA) is 57.5 Å². The Morgan fingerprint density at radius 3 is 2.41 bits per heavy atom. The van der Waals surface area contributed by atoms with Gasteiger partial charge in [-0.3, -0.25) is 4.79 Å². The van der Waals surface area contributed by atoms with Crippen LogP contribution in [0.1, 0.15) is 52.4 Å². The minimum Gasteiger partial charge on any atom is -0.481 e. The molecule has 0 saturated heterocycles. The minimum absolute atomic E-state index is 0.110. The van der Waals surface area contributed by atoms with E-state index in [0.29, 0.717) is 0 Å². The predicted octanol–water partition coefficient (Wildman–Crippen LogP) is 3.54. The lowest BCUT2D eigenvalue weighted by atomic mass is 10.1. The lowest BCUT2D eigenvalue weighted by Gasteiger charge is -2.07. The van der Waals surface area contributed by atoms with Crippen LogP contribution < -0.4 is 0 Å². The predicted molar refractivity (Wildman–Crippen MR) is 72.0 cm³/mol. The van der Waals surface area contributed by atoms with E-state index in [9.17, 15) is 5.11 Å². The van der Waals surface area contributed by atoms with E-state index in [2.05, 4.69) is 19.6 Å². The zero-order valence-corrected chi connectivity index (χ0v) is 11.1. The fourth-order valence-corrected chi connectivity index (χ4v) is 1.26. The van der Waals surface area contributed by atoms with Crippen molar-refractivity contribution in [2.75, 3.05) is 0 Å². The molecule has 0 bridgehead atoms. The standard InChI is InChI=1S/C12H22O.C2H4O2/c1-3-5-7-9-11-12(13)10-8-6-4-2;1-2(3)4/h3,5,7,12-13H,1,4,6,8-11H2,2H3;1H3,(H,3,4)/b7-5-;. The highest BCUT2D eigenvalue weighted by Crippen LogP contribution is 2.08. The summed E-state index contributed by atoms with van der Waals surface area (Å²) in [5, 5.41) is 16.9. The van der Waals surface area contributed by atoms with Crippen molar-refractivity contribution < 1.29 is 15.0 Å². The summed E-state index contributed by atoms with van der Waals surface area (Å²) in [6, 6.07) is 0. The number of carbonyl (C=O) groups is 1. The number of hydrogen-bond acceptors (Lipinski definition) is 2. The van der Waals surface area contributed by atoms with E-state index in [-0.39, 0.29) is 6.10 Å². The summed E-state index contributed by atoms with van der Waals surface area (Å²) in [5.74, 6) is -0.833. The molecule has 100 valence electrons. The number of aliphatic carboxylic acids is 1. The van der Waals surface area contributed by atoms with E-state index >= 15 is 0 Å². The average molecular weight is 242 g/mol. The Morgan fingerprint density at radius 2 is 1.94 bits per heavy atom. The third kappa shape index (κ3) is 25.3. The molecule has 0 saturated carbocycles. The second-order valence-corrected chi connectivity index (χ2v) is 3.91. The van der Waals surface area contributed by atoms with Crippen molar-refractivity contribution in [1.82, 2.24) is 0 Å². The minimum atomic E-state index is -0.833. The monoisotopic (exact) mass is 242 g/mol. The number of hydrogen-bond donors (Lipinski definition) is 2. The second kappa shape index (κ2) is 14.9. The number of carboxylic acids is 1. The first-order valence-electron chi connectivity index (χ1n) is 6.19. The van der Waals surface area contributed by atoms with Crippen LogP contribution in [0.5, 0.6) is 0 Å². The Kier molecular flexibility index (Phi) is 16.0. The molecule has 0 radical (unpaired) electrons. The van der Waals surface area contributed by atoms with Crippen LogP contribution >= 0.6 is 0 Å². The number of rotatable bonds is 8. The van der Waals surface area contributed by atoms with Gasteiger partial charge in [-0.15, -0.1) is 0 Å². The van der Waals surface area contributed by atoms with E-state index in [1.165, 1.54) is 12.8 Å². The fraction of sp³-hybridized carbons (Fsp3) is 0.643. The van der Waals surface area contributed by atoms with Gasteiger partial charge in [-0.25, -0.2) is 0 Å². The number of allylic oxidation sites excluding steroid dienone is 3. The van der Waals surface area contributed by atoms with E-state index in [1.807, 2.05) is 6.08 Å². The first kappa shape index (κ1) is 18.3. The molecule has 0 aliphatic rings. The molecular weight excluding hydrogens is 216 g/mol. The lowest BCUT2D eigenvalue weighted by molar-refractivity contribution is -0.134. The average Bonchev–Trinajstić information content (AvgIpc) is 2.24. The Balaban J connectivity index is 0. The summed E-state index contributed by atoms with van der Waals surface area (Å²) < 4.78 is 0. The quantitative estimate of drug-likeness (QED) is 0.505. The molecule has 2 N–H and O–H groups in total. The molecule has 0 spiro atoms. The van der Waals surface area contributed by atoms with E-state index in [0.717, 1.165) is 32.6 Å². The molecule has 1 unspecified atom stereocenters. The molecule has 0 fully saturated rings. The maximum atomic E-state index is 9.52. The molecule has 0 rings (SSSR count). The van der Waals surface area contributed by atoms with Crippen LogP contribution in [0.15, 0.2) is 24.8 Å². The van der Waals surface area contributed by atoms with Crippen LogP contribution in [-0.2, 0) is 4.79 Å². The number of carboxylic acid groups (broad SMARTS) is 1. The summed E-state index contributed by atoms with van der Waals surface area (Å²) in [6.45, 7) is 6.85. The first-order valence-corrected chi connectivity index (χ1v) is 6.19. The van der Waals surface area contributed by atoms with Gasteiger partial charge in [0.2, 0.25) is 0 Å². The molecule has 3 nitrogen and oxygen atoms in total. The van der Waals surface area contributed by atoms with Crippen molar-refractivity contribution in [2.45, 2.75) is 58.5 Å². The molecule has 17 heavy (non-hydrogen) atoms. The number of aliphatic hydroxyl groups excluding tert-OH is 1. The SMILES string of the molecule is C=C/C=C\CCC(O)CCCCC.CC(=O)O. The lowest BCUT2D eigenvalue weighted by Crippen LogP contribution is -2.05. The fourth-order valence-electron chi connectivity index (χ4n) is 1.26. The highest BCUT2D eigenvalue weighted by molar-refractivity contribution is 5.62. The van der Waals surface area contributed by atoms with Crippen LogP contribution in [0.2, 0.25) is 0 Å². The highest BCUT2D eigenvalue weighted by Gasteiger charge is 2.01. The Bertz CT molecular complexity index is 206. The van der Waals surface area contributed by atoms with Gasteiger partial charge in [0, 0.05) is 6.92 Å². The van der Waals surface area contributed by atoms with Crippen LogP contribution in [0.4, 0.5) is 0 Å². The van der Waals surface area contributed by atoms with Gasteiger partial charge in [0.25, 0.3) is 5.97 Å². The van der Waals surface area contributed by atoms with Gasteiger partial charge in [0.05, 0.1) is 6.10 Å². The Labute approximate surface area is 105 Å². The van der Waals surface area contributed by atoms with Gasteiger partial charge in [-0.2, -0.15) is 0 Å². The third-order valence-corrected chi connectivity index (χ3v) is 2.08. The van der Waals surface area contributed by atoms with Crippen LogP contribution in [-0.4, -0.2) is 22.3 Å². The van der Waals surface area contributed by atoms with Gasteiger partial charge in [-0.1, -0.05) is 51.0 Å². The van der Waals surface area contributed by atoms with Crippen molar-refractivity contribution in [3.63, 3.8) is 0 Å². The Morgan fingerprint density at radius 1 is 1.35 bits per heavy atom. The third-order valence-electron chi connectivity index (χ3n) is 2.08. The zero-order valence-electron chi connectivity index (χ0n) is 11.1. The molecular formula is C14H26O3. The van der Waals surface area contributed by atoms with Gasteiger partial charge in [-0.05, 0) is 19.3 Å². The van der Waals surface area contributed by atoms with Crippen molar-refractivity contribution in [3.8, 4) is 0 Å². The van der Waals surface area contributed by atoms with Crippen LogP contribution in [0.3, 0.4) is 0 Å². The van der Waals surface area contributed by atoms with Crippen molar-refractivity contribution >= 4 is 5.97 Å². The van der Waals surface area contributed by atoms with E-state index in [1.54, 1.807) is 6.08 Å². The van der Waals surface area contributed by atoms with E-state index in [4.69, 9.17) is 9.90 Å². The van der Waals surface area contributed by atoms with Crippen molar-refractivity contribution in [3.05, 3.63) is 24.8 Å². The van der Waals surface area contributed by atoms with Crippen LogP contribution in [0.25, 0.3) is 0 Å². The van der Waals surface area contributed by atoms with Crippen molar-refractivity contribution in [1.29, 1.82) is 0 Å². The zero-order chi connectivity index (χ0) is 13.5. The summed E-state index contributed by atoms with van der Waals surface area (Å²) in [6.07, 6.45) is 12.0. The smallest absolute Gasteiger partial charge is 0.300 e. The molecule has 3 heteroatoms. The Hall–Kier alpha value is -1.09. The summed E-state index contributed by atoms with van der Waals surface area (Å²) >= 11 is 0. The maximum Gasteiger partial charge on any atom is 0.300 e. The molecule has 0 aliphatic carbocycles.